The molecule has 0 fully saturated rings. The van der Waals surface area contributed by atoms with Crippen LogP contribution in [-0.4, -0.2) is 33.5 Å². The number of hydrogen-bond acceptors (Lipinski definition) is 6. The summed E-state index contributed by atoms with van der Waals surface area (Å²) in [5, 5.41) is 6.76. The van der Waals surface area contributed by atoms with Crippen LogP contribution in [-0.2, 0) is 16.1 Å². The highest BCUT2D eigenvalue weighted by Crippen LogP contribution is 2.29. The van der Waals surface area contributed by atoms with E-state index in [-0.39, 0.29) is 23.9 Å². The predicted molar refractivity (Wildman–Crippen MR) is 146 cm³/mol. The van der Waals surface area contributed by atoms with E-state index in [1.807, 2.05) is 60.8 Å². The smallest absolute Gasteiger partial charge is 0.325 e. The molecule has 6 aromatic rings. The van der Waals surface area contributed by atoms with Crippen molar-refractivity contribution in [3.8, 4) is 11.6 Å². The Bertz CT molecular complexity index is 1920. The Morgan fingerprint density at radius 1 is 1.08 bits per heavy atom. The second-order valence-electron chi connectivity index (χ2n) is 8.41. The van der Waals surface area contributed by atoms with Gasteiger partial charge in [0.1, 0.15) is 12.1 Å². The highest BCUT2D eigenvalue weighted by atomic mass is 79.9. The minimum atomic E-state index is -0.363. The summed E-state index contributed by atoms with van der Waals surface area (Å²) >= 11 is 3.48. The summed E-state index contributed by atoms with van der Waals surface area (Å²) in [5.74, 6) is 0.338. The number of methoxy groups -OCH3 is 1. The van der Waals surface area contributed by atoms with Crippen molar-refractivity contribution in [3.63, 3.8) is 0 Å². The van der Waals surface area contributed by atoms with E-state index in [0.717, 1.165) is 26.3 Å². The summed E-state index contributed by atoms with van der Waals surface area (Å²) in [4.78, 5) is 30.2. The lowest BCUT2D eigenvalue weighted by atomic mass is 10.2. The average Bonchev–Trinajstić information content (AvgIpc) is 3.49. The molecule has 3 heterocycles. The molecule has 37 heavy (non-hydrogen) atoms. The molecule has 0 aliphatic heterocycles. The molecule has 0 saturated carbocycles. The maximum atomic E-state index is 13.6. The number of fused-ring (bicyclic) bond motifs is 3. The molecular formula is C28H19BrN4O4. The first kappa shape index (κ1) is 22.9. The molecule has 182 valence electrons. The number of esters is 1. The third-order valence-corrected chi connectivity index (χ3v) is 6.60. The molecule has 0 radical (unpaired) electrons. The molecule has 0 amide bonds. The molecule has 0 saturated heterocycles. The van der Waals surface area contributed by atoms with Crippen LogP contribution in [0.15, 0.2) is 97.8 Å². The molecule has 0 bridgehead atoms. The number of furan rings is 1. The summed E-state index contributed by atoms with van der Waals surface area (Å²) < 4.78 is 14.9. The van der Waals surface area contributed by atoms with E-state index >= 15 is 0 Å². The molecule has 0 unspecified atom stereocenters. The van der Waals surface area contributed by atoms with E-state index in [9.17, 15) is 9.59 Å². The maximum absolute atomic E-state index is 13.6. The van der Waals surface area contributed by atoms with Gasteiger partial charge in [-0.05, 0) is 42.5 Å². The normalized spacial score (nSPS) is 11.7. The summed E-state index contributed by atoms with van der Waals surface area (Å²) in [7, 11) is 1.35. The van der Waals surface area contributed by atoms with Gasteiger partial charge in [0.15, 0.2) is 5.76 Å². The van der Waals surface area contributed by atoms with E-state index in [4.69, 9.17) is 14.1 Å². The average molecular weight is 555 g/mol. The second kappa shape index (κ2) is 9.18. The zero-order valence-electron chi connectivity index (χ0n) is 19.6. The molecule has 6 rings (SSSR count). The monoisotopic (exact) mass is 554 g/mol. The number of rotatable bonds is 5. The SMILES string of the molecule is COC(=O)Cn1cc(C=Nn2c(-c3cc4cc(Br)ccc4o3)nc3ccccc3c2=O)c2ccccc21. The summed E-state index contributed by atoms with van der Waals surface area (Å²) in [6.45, 7) is 0.0577. The Morgan fingerprint density at radius 3 is 2.70 bits per heavy atom. The minimum Gasteiger partial charge on any atom is -0.468 e. The van der Waals surface area contributed by atoms with Crippen LogP contribution in [0.25, 0.3) is 44.4 Å². The van der Waals surface area contributed by atoms with Gasteiger partial charge in [-0.25, -0.2) is 4.98 Å². The Hall–Kier alpha value is -4.50. The molecule has 3 aromatic carbocycles. The van der Waals surface area contributed by atoms with Crippen molar-refractivity contribution in [1.29, 1.82) is 0 Å². The highest BCUT2D eigenvalue weighted by Gasteiger charge is 2.17. The standard InChI is InChI=1S/C28H19BrN4O4/c1-36-26(34)16-32-15-18(20-6-3-5-9-23(20)32)14-30-33-27(31-22-8-4-2-7-21(22)28(33)35)25-13-17-12-19(29)10-11-24(17)37-25/h2-15H,16H2,1H3. The van der Waals surface area contributed by atoms with Gasteiger partial charge in [0, 0.05) is 32.5 Å². The van der Waals surface area contributed by atoms with Crippen LogP contribution in [0.1, 0.15) is 5.56 Å². The number of nitrogens with zero attached hydrogens (tertiary/aromatic N) is 4. The molecule has 9 heteroatoms. The van der Waals surface area contributed by atoms with E-state index < -0.39 is 0 Å². The lowest BCUT2D eigenvalue weighted by Gasteiger charge is -2.07. The number of ether oxygens (including phenoxy) is 1. The maximum Gasteiger partial charge on any atom is 0.325 e. The molecule has 0 aliphatic carbocycles. The van der Waals surface area contributed by atoms with E-state index in [2.05, 4.69) is 21.0 Å². The Morgan fingerprint density at radius 2 is 1.86 bits per heavy atom. The quantitative estimate of drug-likeness (QED) is 0.205. The van der Waals surface area contributed by atoms with Crippen molar-refractivity contribution in [1.82, 2.24) is 14.2 Å². The molecule has 0 N–H and O–H groups in total. The Balaban J connectivity index is 1.53. The zero-order valence-corrected chi connectivity index (χ0v) is 21.2. The third kappa shape index (κ3) is 4.13. The summed E-state index contributed by atoms with van der Waals surface area (Å²) in [6, 6.07) is 22.3. The van der Waals surface area contributed by atoms with Gasteiger partial charge in [-0.1, -0.05) is 46.3 Å². The van der Waals surface area contributed by atoms with E-state index in [1.54, 1.807) is 29.0 Å². The number of aromatic nitrogens is 3. The summed E-state index contributed by atoms with van der Waals surface area (Å²) in [5.41, 5.74) is 2.48. The van der Waals surface area contributed by atoms with E-state index in [0.29, 0.717) is 22.2 Å². The van der Waals surface area contributed by atoms with Gasteiger partial charge in [-0.2, -0.15) is 9.78 Å². The molecule has 0 atom stereocenters. The van der Waals surface area contributed by atoms with Gasteiger partial charge in [0.05, 0.1) is 24.2 Å². The van der Waals surface area contributed by atoms with Crippen molar-refractivity contribution in [2.45, 2.75) is 6.54 Å². The fourth-order valence-corrected chi connectivity index (χ4v) is 4.73. The first-order valence-corrected chi connectivity index (χ1v) is 12.2. The minimum absolute atomic E-state index is 0.0577. The van der Waals surface area contributed by atoms with Gasteiger partial charge in [0.25, 0.3) is 5.56 Å². The Labute approximate surface area is 218 Å². The van der Waals surface area contributed by atoms with Crippen LogP contribution in [0.4, 0.5) is 0 Å². The number of hydrogen-bond donors (Lipinski definition) is 0. The van der Waals surface area contributed by atoms with Crippen LogP contribution in [0, 0.1) is 0 Å². The van der Waals surface area contributed by atoms with Gasteiger partial charge < -0.3 is 13.7 Å². The van der Waals surface area contributed by atoms with Crippen molar-refractivity contribution >= 4 is 60.9 Å². The van der Waals surface area contributed by atoms with Gasteiger partial charge in [-0.3, -0.25) is 9.59 Å². The number of halogens is 1. The fourth-order valence-electron chi connectivity index (χ4n) is 4.35. The number of carbonyl (C=O) groups is 1. The number of para-hydroxylation sites is 2. The predicted octanol–water partition coefficient (Wildman–Crippen LogP) is 5.58. The topological polar surface area (TPSA) is 91.6 Å². The lowest BCUT2D eigenvalue weighted by Crippen LogP contribution is -2.20. The van der Waals surface area contributed by atoms with Gasteiger partial charge in [0.2, 0.25) is 5.82 Å². The fraction of sp³-hybridized carbons (Fsp3) is 0.0714. The van der Waals surface area contributed by atoms with Gasteiger partial charge in [-0.15, -0.1) is 0 Å². The summed E-state index contributed by atoms with van der Waals surface area (Å²) in [6.07, 6.45) is 3.40. The first-order valence-electron chi connectivity index (χ1n) is 11.4. The van der Waals surface area contributed by atoms with Crippen LogP contribution >= 0.6 is 15.9 Å². The van der Waals surface area contributed by atoms with Crippen molar-refractivity contribution < 1.29 is 13.9 Å². The number of carbonyl (C=O) groups excluding carboxylic acids is 1. The molecule has 0 spiro atoms. The zero-order chi connectivity index (χ0) is 25.5. The van der Waals surface area contributed by atoms with Crippen LogP contribution in [0.3, 0.4) is 0 Å². The second-order valence-corrected chi connectivity index (χ2v) is 9.33. The van der Waals surface area contributed by atoms with Crippen molar-refractivity contribution in [3.05, 3.63) is 99.4 Å². The van der Waals surface area contributed by atoms with Crippen molar-refractivity contribution in [2.24, 2.45) is 5.10 Å². The lowest BCUT2D eigenvalue weighted by molar-refractivity contribution is -0.141. The van der Waals surface area contributed by atoms with Crippen LogP contribution in [0.5, 0.6) is 0 Å². The van der Waals surface area contributed by atoms with E-state index in [1.165, 1.54) is 11.8 Å². The number of benzene rings is 3. The van der Waals surface area contributed by atoms with Crippen molar-refractivity contribution in [2.75, 3.05) is 7.11 Å². The first-order chi connectivity index (χ1) is 18.0. The van der Waals surface area contributed by atoms with Crippen LogP contribution in [0.2, 0.25) is 0 Å². The van der Waals surface area contributed by atoms with Crippen LogP contribution < -0.4 is 5.56 Å². The molecule has 8 nitrogen and oxygen atoms in total. The largest absolute Gasteiger partial charge is 0.468 e. The Kier molecular flexibility index (Phi) is 5.69. The van der Waals surface area contributed by atoms with Gasteiger partial charge >= 0.3 is 5.97 Å². The third-order valence-electron chi connectivity index (χ3n) is 6.11. The molecular weight excluding hydrogens is 536 g/mol. The molecule has 3 aromatic heterocycles. The highest BCUT2D eigenvalue weighted by molar-refractivity contribution is 9.10. The molecule has 0 aliphatic rings.